The molecule has 1 aromatic rings. The molecular formula is C18H24O4. The lowest BCUT2D eigenvalue weighted by molar-refractivity contribution is -0.169. The molecule has 0 heterocycles. The van der Waals surface area contributed by atoms with Crippen molar-refractivity contribution in [3.8, 4) is 0 Å². The van der Waals surface area contributed by atoms with Crippen LogP contribution in [0.5, 0.6) is 0 Å². The van der Waals surface area contributed by atoms with Gasteiger partial charge in [-0.2, -0.15) is 0 Å². The SMILES string of the molecule is CCOC(=O)C1(Cc2ccc(C)cc2)CCCC1OC(C)=O. The van der Waals surface area contributed by atoms with Gasteiger partial charge in [0.1, 0.15) is 11.5 Å². The monoisotopic (exact) mass is 304 g/mol. The van der Waals surface area contributed by atoms with E-state index in [1.807, 2.05) is 31.2 Å². The Morgan fingerprint density at radius 1 is 1.27 bits per heavy atom. The van der Waals surface area contributed by atoms with Crippen molar-refractivity contribution < 1.29 is 19.1 Å². The van der Waals surface area contributed by atoms with E-state index in [0.717, 1.165) is 12.0 Å². The summed E-state index contributed by atoms with van der Waals surface area (Å²) in [6, 6.07) is 8.12. The van der Waals surface area contributed by atoms with Crippen LogP contribution in [0, 0.1) is 12.3 Å². The predicted molar refractivity (Wildman–Crippen MR) is 83.4 cm³/mol. The van der Waals surface area contributed by atoms with E-state index in [9.17, 15) is 9.59 Å². The minimum absolute atomic E-state index is 0.251. The van der Waals surface area contributed by atoms with Crippen molar-refractivity contribution in [2.45, 2.75) is 52.6 Å². The van der Waals surface area contributed by atoms with Crippen LogP contribution in [0.3, 0.4) is 0 Å². The second-order valence-electron chi connectivity index (χ2n) is 6.03. The molecule has 0 spiro atoms. The average molecular weight is 304 g/mol. The van der Waals surface area contributed by atoms with Crippen LogP contribution in [0.2, 0.25) is 0 Å². The van der Waals surface area contributed by atoms with Gasteiger partial charge in [-0.1, -0.05) is 29.8 Å². The number of esters is 2. The van der Waals surface area contributed by atoms with Gasteiger partial charge < -0.3 is 9.47 Å². The van der Waals surface area contributed by atoms with Crippen molar-refractivity contribution in [3.05, 3.63) is 35.4 Å². The molecule has 0 aromatic heterocycles. The maximum Gasteiger partial charge on any atom is 0.316 e. The van der Waals surface area contributed by atoms with E-state index in [-0.39, 0.29) is 11.9 Å². The molecule has 0 radical (unpaired) electrons. The fourth-order valence-corrected chi connectivity index (χ4v) is 3.27. The highest BCUT2D eigenvalue weighted by Crippen LogP contribution is 2.44. The number of hydrogen-bond acceptors (Lipinski definition) is 4. The Morgan fingerprint density at radius 3 is 2.55 bits per heavy atom. The zero-order valence-electron chi connectivity index (χ0n) is 13.6. The van der Waals surface area contributed by atoms with Gasteiger partial charge in [0.05, 0.1) is 6.61 Å². The van der Waals surface area contributed by atoms with Crippen LogP contribution < -0.4 is 0 Å². The van der Waals surface area contributed by atoms with Crippen LogP contribution in [0.25, 0.3) is 0 Å². The third-order valence-electron chi connectivity index (χ3n) is 4.34. The standard InChI is InChI=1S/C18H24O4/c1-4-21-17(20)18(11-5-6-16(18)22-14(3)19)12-15-9-7-13(2)8-10-15/h7-10,16H,4-6,11-12H2,1-3H3. The number of ether oxygens (including phenoxy) is 2. The van der Waals surface area contributed by atoms with Crippen LogP contribution >= 0.6 is 0 Å². The number of aryl methyl sites for hydroxylation is 1. The van der Waals surface area contributed by atoms with Crippen molar-refractivity contribution in [2.24, 2.45) is 5.41 Å². The first kappa shape index (κ1) is 16.5. The number of carbonyl (C=O) groups is 2. The van der Waals surface area contributed by atoms with Crippen LogP contribution in [0.15, 0.2) is 24.3 Å². The minimum atomic E-state index is -0.753. The third kappa shape index (κ3) is 3.49. The molecule has 4 heteroatoms. The van der Waals surface area contributed by atoms with E-state index in [1.165, 1.54) is 12.5 Å². The van der Waals surface area contributed by atoms with Gasteiger partial charge in [-0.15, -0.1) is 0 Å². The van der Waals surface area contributed by atoms with Gasteiger partial charge in [0, 0.05) is 6.92 Å². The molecule has 2 rings (SSSR count). The predicted octanol–water partition coefficient (Wildman–Crippen LogP) is 3.20. The molecule has 1 aliphatic carbocycles. The molecular weight excluding hydrogens is 280 g/mol. The summed E-state index contributed by atoms with van der Waals surface area (Å²) in [5.41, 5.74) is 1.49. The lowest BCUT2D eigenvalue weighted by Gasteiger charge is -2.32. The summed E-state index contributed by atoms with van der Waals surface area (Å²) in [5, 5.41) is 0. The number of rotatable bonds is 5. The number of carbonyl (C=O) groups excluding carboxylic acids is 2. The first-order valence-corrected chi connectivity index (χ1v) is 7.88. The highest BCUT2D eigenvalue weighted by molar-refractivity contribution is 5.79. The van der Waals surface area contributed by atoms with Gasteiger partial charge >= 0.3 is 11.9 Å². The molecule has 1 aliphatic rings. The second-order valence-corrected chi connectivity index (χ2v) is 6.03. The molecule has 0 N–H and O–H groups in total. The van der Waals surface area contributed by atoms with Gasteiger partial charge in [-0.25, -0.2) is 0 Å². The molecule has 0 saturated heterocycles. The first-order valence-electron chi connectivity index (χ1n) is 7.88. The molecule has 4 nitrogen and oxygen atoms in total. The van der Waals surface area contributed by atoms with E-state index in [4.69, 9.17) is 9.47 Å². The van der Waals surface area contributed by atoms with Gasteiger partial charge in [0.15, 0.2) is 0 Å². The summed E-state index contributed by atoms with van der Waals surface area (Å²) in [4.78, 5) is 24.0. The topological polar surface area (TPSA) is 52.6 Å². The molecule has 1 saturated carbocycles. The lowest BCUT2D eigenvalue weighted by atomic mass is 9.78. The molecule has 2 atom stereocenters. The molecule has 0 amide bonds. The summed E-state index contributed by atoms with van der Waals surface area (Å²) in [6.45, 7) is 5.55. The van der Waals surface area contributed by atoms with Crippen LogP contribution in [-0.2, 0) is 25.5 Å². The quantitative estimate of drug-likeness (QED) is 0.784. The third-order valence-corrected chi connectivity index (χ3v) is 4.34. The van der Waals surface area contributed by atoms with Crippen molar-refractivity contribution in [1.29, 1.82) is 0 Å². The Morgan fingerprint density at radius 2 is 1.95 bits per heavy atom. The maximum atomic E-state index is 12.6. The summed E-state index contributed by atoms with van der Waals surface area (Å²) in [5.74, 6) is -0.594. The maximum absolute atomic E-state index is 12.6. The Hall–Kier alpha value is -1.84. The molecule has 120 valence electrons. The van der Waals surface area contributed by atoms with Crippen molar-refractivity contribution in [2.75, 3.05) is 6.61 Å². The molecule has 2 unspecified atom stereocenters. The van der Waals surface area contributed by atoms with Crippen LogP contribution in [-0.4, -0.2) is 24.6 Å². The van der Waals surface area contributed by atoms with Gasteiger partial charge in [-0.05, 0) is 45.1 Å². The van der Waals surface area contributed by atoms with Crippen molar-refractivity contribution >= 4 is 11.9 Å². The summed E-state index contributed by atoms with van der Waals surface area (Å²) in [6.07, 6.45) is 2.42. The molecule has 1 fully saturated rings. The Bertz CT molecular complexity index is 535. The summed E-state index contributed by atoms with van der Waals surface area (Å²) >= 11 is 0. The zero-order valence-corrected chi connectivity index (χ0v) is 13.6. The van der Waals surface area contributed by atoms with Crippen LogP contribution in [0.4, 0.5) is 0 Å². The highest BCUT2D eigenvalue weighted by atomic mass is 16.6. The molecule has 22 heavy (non-hydrogen) atoms. The molecule has 0 aliphatic heterocycles. The smallest absolute Gasteiger partial charge is 0.316 e. The van der Waals surface area contributed by atoms with Crippen LogP contribution in [0.1, 0.15) is 44.2 Å². The van der Waals surface area contributed by atoms with Gasteiger partial charge in [0.2, 0.25) is 0 Å². The zero-order chi connectivity index (χ0) is 16.2. The minimum Gasteiger partial charge on any atom is -0.465 e. The van der Waals surface area contributed by atoms with Gasteiger partial charge in [0.25, 0.3) is 0 Å². The largest absolute Gasteiger partial charge is 0.465 e. The van der Waals surface area contributed by atoms with Gasteiger partial charge in [-0.3, -0.25) is 9.59 Å². The van der Waals surface area contributed by atoms with E-state index in [2.05, 4.69) is 0 Å². The second kappa shape index (κ2) is 6.95. The Balaban J connectivity index is 2.30. The first-order chi connectivity index (χ1) is 10.5. The molecule has 1 aromatic carbocycles. The Kier molecular flexibility index (Phi) is 5.22. The molecule has 0 bridgehead atoms. The van der Waals surface area contributed by atoms with Crippen molar-refractivity contribution in [1.82, 2.24) is 0 Å². The fraction of sp³-hybridized carbons (Fsp3) is 0.556. The van der Waals surface area contributed by atoms with E-state index < -0.39 is 11.5 Å². The fourth-order valence-electron chi connectivity index (χ4n) is 3.27. The Labute approximate surface area is 131 Å². The summed E-state index contributed by atoms with van der Waals surface area (Å²) < 4.78 is 10.8. The van der Waals surface area contributed by atoms with Crippen molar-refractivity contribution in [3.63, 3.8) is 0 Å². The van der Waals surface area contributed by atoms with E-state index >= 15 is 0 Å². The average Bonchev–Trinajstić information content (AvgIpc) is 2.85. The number of hydrogen-bond donors (Lipinski definition) is 0. The normalized spacial score (nSPS) is 24.0. The van der Waals surface area contributed by atoms with E-state index in [0.29, 0.717) is 25.9 Å². The van der Waals surface area contributed by atoms with E-state index in [1.54, 1.807) is 6.92 Å². The lowest BCUT2D eigenvalue weighted by Crippen LogP contribution is -2.43. The number of benzene rings is 1. The highest BCUT2D eigenvalue weighted by Gasteiger charge is 2.52. The summed E-state index contributed by atoms with van der Waals surface area (Å²) in [7, 11) is 0.